The summed E-state index contributed by atoms with van der Waals surface area (Å²) in [7, 11) is 0. The van der Waals surface area contributed by atoms with Crippen molar-refractivity contribution in [2.75, 3.05) is 6.54 Å². The van der Waals surface area contributed by atoms with E-state index in [-0.39, 0.29) is 0 Å². The first-order valence-corrected chi connectivity index (χ1v) is 9.42. The number of hydrogen-bond donors (Lipinski definition) is 2. The van der Waals surface area contributed by atoms with Crippen molar-refractivity contribution < 1.29 is 0 Å². The van der Waals surface area contributed by atoms with Crippen LogP contribution in [0.25, 0.3) is 0 Å². The Balaban J connectivity index is 1.93. The average Bonchev–Trinajstić information content (AvgIpc) is 3.23. The molecule has 132 valence electrons. The Hall–Kier alpha value is -1.89. The minimum Gasteiger partial charge on any atom is -0.355 e. The first-order valence-electron chi connectivity index (χ1n) is 8.54. The minimum absolute atomic E-state index is 0.362. The Morgan fingerprint density at radius 3 is 2.88 bits per heavy atom. The van der Waals surface area contributed by atoms with E-state index in [2.05, 4.69) is 70.6 Å². The number of guanidine groups is 1. The summed E-state index contributed by atoms with van der Waals surface area (Å²) in [6.07, 6.45) is 2.68. The summed E-state index contributed by atoms with van der Waals surface area (Å²) < 4.78 is 2.08. The summed E-state index contributed by atoms with van der Waals surface area (Å²) in [5.74, 6) is 2.41. The van der Waals surface area contributed by atoms with Crippen LogP contribution in [0, 0.1) is 5.92 Å². The lowest BCUT2D eigenvalue weighted by atomic mass is 10.1. The van der Waals surface area contributed by atoms with Crippen molar-refractivity contribution in [3.8, 4) is 0 Å². The highest BCUT2D eigenvalue weighted by atomic mass is 32.1. The molecule has 2 N–H and O–H groups in total. The number of aromatic nitrogens is 3. The van der Waals surface area contributed by atoms with E-state index in [1.165, 1.54) is 4.88 Å². The van der Waals surface area contributed by atoms with Crippen LogP contribution in [0.5, 0.6) is 0 Å². The standard InChI is InChI=1S/C17H28N6S/c1-5-16-22-20-12-23(16)9-8-18-17(21-14(4)13(2)3)19-11-15-7-6-10-24-15/h6-7,10,12-14H,5,8-9,11H2,1-4H3,(H2,18,19,21). The second kappa shape index (κ2) is 9.42. The number of nitrogens with one attached hydrogen (secondary N) is 2. The molecule has 0 radical (unpaired) electrons. The van der Waals surface area contributed by atoms with Gasteiger partial charge in [-0.15, -0.1) is 21.5 Å². The van der Waals surface area contributed by atoms with Crippen LogP contribution < -0.4 is 10.6 Å². The van der Waals surface area contributed by atoms with Gasteiger partial charge in [-0.3, -0.25) is 0 Å². The number of hydrogen-bond acceptors (Lipinski definition) is 4. The summed E-state index contributed by atoms with van der Waals surface area (Å²) in [4.78, 5) is 5.98. The topological polar surface area (TPSA) is 67.1 Å². The highest BCUT2D eigenvalue weighted by molar-refractivity contribution is 7.09. The van der Waals surface area contributed by atoms with E-state index < -0.39 is 0 Å². The van der Waals surface area contributed by atoms with E-state index >= 15 is 0 Å². The van der Waals surface area contributed by atoms with Gasteiger partial charge < -0.3 is 15.2 Å². The molecule has 0 aromatic carbocycles. The number of aliphatic imine (C=N–C) groups is 1. The molecule has 0 amide bonds. The Morgan fingerprint density at radius 1 is 1.38 bits per heavy atom. The van der Waals surface area contributed by atoms with E-state index in [4.69, 9.17) is 4.99 Å². The molecule has 1 atom stereocenters. The van der Waals surface area contributed by atoms with Crippen molar-refractivity contribution in [1.29, 1.82) is 0 Å². The second-order valence-corrected chi connectivity index (χ2v) is 7.17. The van der Waals surface area contributed by atoms with E-state index in [1.807, 2.05) is 0 Å². The Labute approximate surface area is 148 Å². The van der Waals surface area contributed by atoms with Crippen molar-refractivity contribution in [3.05, 3.63) is 34.5 Å². The molecule has 7 heteroatoms. The molecule has 0 aliphatic rings. The summed E-state index contributed by atoms with van der Waals surface area (Å²) >= 11 is 1.73. The predicted octanol–water partition coefficient (Wildman–Crippen LogP) is 2.68. The summed E-state index contributed by atoms with van der Waals surface area (Å²) in [6, 6.07) is 4.54. The van der Waals surface area contributed by atoms with Crippen molar-refractivity contribution in [2.45, 2.75) is 53.2 Å². The molecule has 1 unspecified atom stereocenters. The first-order chi connectivity index (χ1) is 11.6. The van der Waals surface area contributed by atoms with Crippen molar-refractivity contribution in [3.63, 3.8) is 0 Å². The maximum atomic E-state index is 4.71. The van der Waals surface area contributed by atoms with Crippen LogP contribution in [-0.4, -0.2) is 33.3 Å². The lowest BCUT2D eigenvalue weighted by molar-refractivity contribution is 0.479. The minimum atomic E-state index is 0.362. The zero-order valence-corrected chi connectivity index (χ0v) is 15.8. The second-order valence-electron chi connectivity index (χ2n) is 6.14. The van der Waals surface area contributed by atoms with Gasteiger partial charge in [0.25, 0.3) is 0 Å². The lowest BCUT2D eigenvalue weighted by Crippen LogP contribution is -2.45. The largest absolute Gasteiger partial charge is 0.355 e. The molecule has 2 heterocycles. The van der Waals surface area contributed by atoms with Crippen LogP contribution in [0.15, 0.2) is 28.8 Å². The monoisotopic (exact) mass is 348 g/mol. The molecule has 6 nitrogen and oxygen atoms in total. The van der Waals surface area contributed by atoms with Crippen LogP contribution in [0.3, 0.4) is 0 Å². The predicted molar refractivity (Wildman–Crippen MR) is 100 cm³/mol. The number of nitrogens with zero attached hydrogens (tertiary/aromatic N) is 4. The van der Waals surface area contributed by atoms with Crippen LogP contribution in [0.1, 0.15) is 38.4 Å². The quantitative estimate of drug-likeness (QED) is 0.568. The van der Waals surface area contributed by atoms with Gasteiger partial charge >= 0.3 is 0 Å². The average molecular weight is 349 g/mol. The van der Waals surface area contributed by atoms with E-state index in [9.17, 15) is 0 Å². The normalized spacial score (nSPS) is 13.3. The van der Waals surface area contributed by atoms with Gasteiger partial charge in [-0.25, -0.2) is 4.99 Å². The maximum Gasteiger partial charge on any atom is 0.191 e. The Morgan fingerprint density at radius 2 is 2.21 bits per heavy atom. The third-order valence-electron chi connectivity index (χ3n) is 3.99. The third-order valence-corrected chi connectivity index (χ3v) is 4.86. The molecular formula is C17H28N6S. The smallest absolute Gasteiger partial charge is 0.191 e. The van der Waals surface area contributed by atoms with Gasteiger partial charge in [0.05, 0.1) is 6.54 Å². The highest BCUT2D eigenvalue weighted by Gasteiger charge is 2.09. The Bertz CT molecular complexity index is 617. The van der Waals surface area contributed by atoms with Gasteiger partial charge in [0.15, 0.2) is 5.96 Å². The van der Waals surface area contributed by atoms with E-state index in [1.54, 1.807) is 17.7 Å². The van der Waals surface area contributed by atoms with Crippen molar-refractivity contribution in [2.24, 2.45) is 10.9 Å². The molecule has 0 aliphatic heterocycles. The van der Waals surface area contributed by atoms with Gasteiger partial charge in [0.1, 0.15) is 12.2 Å². The Kier molecular flexibility index (Phi) is 7.24. The summed E-state index contributed by atoms with van der Waals surface area (Å²) in [5.41, 5.74) is 0. The fraction of sp³-hybridized carbons (Fsp3) is 0.588. The first kappa shape index (κ1) is 18.4. The summed E-state index contributed by atoms with van der Waals surface area (Å²) in [5, 5.41) is 17.1. The molecule has 0 spiro atoms. The SMILES string of the molecule is CCc1nncn1CCNC(=NCc1cccs1)NC(C)C(C)C. The molecular weight excluding hydrogens is 320 g/mol. The van der Waals surface area contributed by atoms with Crippen molar-refractivity contribution in [1.82, 2.24) is 25.4 Å². The molecule has 0 bridgehead atoms. The molecule has 2 aromatic rings. The van der Waals surface area contributed by atoms with Gasteiger partial charge in [-0.1, -0.05) is 26.8 Å². The molecule has 2 aromatic heterocycles. The van der Waals surface area contributed by atoms with E-state index in [0.29, 0.717) is 18.5 Å². The molecule has 0 aliphatic carbocycles. The third kappa shape index (κ3) is 5.63. The van der Waals surface area contributed by atoms with E-state index in [0.717, 1.165) is 31.3 Å². The maximum absolute atomic E-state index is 4.71. The van der Waals surface area contributed by atoms with Gasteiger partial charge in [0, 0.05) is 30.4 Å². The number of rotatable bonds is 8. The fourth-order valence-corrected chi connectivity index (χ4v) is 2.76. The number of thiophene rings is 1. The zero-order chi connectivity index (χ0) is 17.4. The molecule has 0 fully saturated rings. The lowest BCUT2D eigenvalue weighted by Gasteiger charge is -2.21. The van der Waals surface area contributed by atoms with Gasteiger partial charge in [-0.05, 0) is 24.3 Å². The molecule has 0 saturated carbocycles. The fourth-order valence-electron chi connectivity index (χ4n) is 2.13. The van der Waals surface area contributed by atoms with Crippen LogP contribution in [0.2, 0.25) is 0 Å². The van der Waals surface area contributed by atoms with Gasteiger partial charge in [-0.2, -0.15) is 0 Å². The summed E-state index contributed by atoms with van der Waals surface area (Å²) in [6.45, 7) is 11.0. The molecule has 2 rings (SSSR count). The molecule has 0 saturated heterocycles. The van der Waals surface area contributed by atoms with Crippen LogP contribution in [-0.2, 0) is 19.5 Å². The van der Waals surface area contributed by atoms with Gasteiger partial charge in [0.2, 0.25) is 0 Å². The number of aryl methyl sites for hydroxylation is 1. The van der Waals surface area contributed by atoms with Crippen LogP contribution in [0.4, 0.5) is 0 Å². The van der Waals surface area contributed by atoms with Crippen LogP contribution >= 0.6 is 11.3 Å². The highest BCUT2D eigenvalue weighted by Crippen LogP contribution is 2.09. The van der Waals surface area contributed by atoms with Crippen molar-refractivity contribution >= 4 is 17.3 Å². The zero-order valence-electron chi connectivity index (χ0n) is 15.0. The molecule has 24 heavy (non-hydrogen) atoms.